The molecular formula is C41H68O11. The summed E-state index contributed by atoms with van der Waals surface area (Å²) in [5.41, 5.74) is -1.36. The van der Waals surface area contributed by atoms with Crippen LogP contribution in [0.25, 0.3) is 0 Å². The van der Waals surface area contributed by atoms with Crippen LogP contribution >= 0.6 is 0 Å². The minimum atomic E-state index is -1.13. The van der Waals surface area contributed by atoms with E-state index in [0.717, 1.165) is 12.2 Å². The monoisotopic (exact) mass is 736 g/mol. The fourth-order valence-corrected chi connectivity index (χ4v) is 6.70. The Labute approximate surface area is 312 Å². The summed E-state index contributed by atoms with van der Waals surface area (Å²) in [6.45, 7) is 23.1. The lowest BCUT2D eigenvalue weighted by Gasteiger charge is -2.37. The molecule has 0 amide bonds. The number of aliphatic hydroxyl groups excluding tert-OH is 2. The van der Waals surface area contributed by atoms with E-state index in [4.69, 9.17) is 33.2 Å². The van der Waals surface area contributed by atoms with E-state index in [1.165, 1.54) is 0 Å². The number of hydrogen-bond acceptors (Lipinski definition) is 11. The number of allylic oxidation sites excluding steroid dienone is 1. The molecule has 0 spiro atoms. The summed E-state index contributed by atoms with van der Waals surface area (Å²) in [6.07, 6.45) is 5.91. The van der Waals surface area contributed by atoms with E-state index >= 15 is 0 Å². The van der Waals surface area contributed by atoms with Gasteiger partial charge in [0, 0.05) is 23.8 Å². The number of rotatable bonds is 13. The van der Waals surface area contributed by atoms with E-state index in [2.05, 4.69) is 6.08 Å². The van der Waals surface area contributed by atoms with E-state index in [9.17, 15) is 19.8 Å². The van der Waals surface area contributed by atoms with Gasteiger partial charge in [0.15, 0.2) is 12.6 Å². The molecule has 11 heteroatoms. The Morgan fingerprint density at radius 3 is 1.94 bits per heavy atom. The van der Waals surface area contributed by atoms with Crippen LogP contribution in [0.2, 0.25) is 0 Å². The first-order valence-electron chi connectivity index (χ1n) is 18.9. The van der Waals surface area contributed by atoms with Crippen LogP contribution in [0.15, 0.2) is 35.1 Å². The minimum Gasteiger partial charge on any atom is -0.501 e. The van der Waals surface area contributed by atoms with Crippen molar-refractivity contribution in [3.05, 3.63) is 35.1 Å². The average molecular weight is 737 g/mol. The normalized spacial score (nSPS) is 27.5. The second-order valence-corrected chi connectivity index (χ2v) is 18.6. The maximum absolute atomic E-state index is 13.1. The number of carbonyl (C=O) groups is 2. The first-order chi connectivity index (χ1) is 23.8. The lowest BCUT2D eigenvalue weighted by molar-refractivity contribution is -0.192. The van der Waals surface area contributed by atoms with Crippen LogP contribution in [0.3, 0.4) is 0 Å². The maximum atomic E-state index is 13.1. The summed E-state index contributed by atoms with van der Waals surface area (Å²) in [4.78, 5) is 26.2. The van der Waals surface area contributed by atoms with Crippen LogP contribution in [0.1, 0.15) is 122 Å². The number of carbonyl (C=O) groups excluding carboxylic acids is 2. The Balaban J connectivity index is 1.70. The third-order valence-electron chi connectivity index (χ3n) is 8.72. The molecule has 3 aliphatic carbocycles. The van der Waals surface area contributed by atoms with Gasteiger partial charge < -0.3 is 43.4 Å². The lowest BCUT2D eigenvalue weighted by Crippen LogP contribution is -2.39. The van der Waals surface area contributed by atoms with Crippen molar-refractivity contribution in [3.63, 3.8) is 0 Å². The van der Waals surface area contributed by atoms with Crippen molar-refractivity contribution in [1.82, 2.24) is 0 Å². The predicted octanol–water partition coefficient (Wildman–Crippen LogP) is 6.94. The fourth-order valence-electron chi connectivity index (χ4n) is 6.70. The molecular weight excluding hydrogens is 668 g/mol. The van der Waals surface area contributed by atoms with Gasteiger partial charge in [-0.2, -0.15) is 0 Å². The van der Waals surface area contributed by atoms with E-state index < -0.39 is 53.0 Å². The number of hydrogen-bond donors (Lipinski definition) is 2. The molecule has 0 aliphatic heterocycles. The molecule has 8 atom stereocenters. The molecule has 2 unspecified atom stereocenters. The summed E-state index contributed by atoms with van der Waals surface area (Å²) >= 11 is 0. The largest absolute Gasteiger partial charge is 0.501 e. The SMILES string of the molecule is COC1=C[C@@H](CO[C@@H]2C=C(C(=O)OC(C)(C)C)CC(C(=O)OC(C)(C)C)C2)C[C@@H](CO[C@H]2CC(C(O)OC(C)(C)C)=C[C@@H]([C@@H](O)OC(C)(C)C)C2)C1. The van der Waals surface area contributed by atoms with Gasteiger partial charge in [-0.1, -0.05) is 6.08 Å². The smallest absolute Gasteiger partial charge is 0.334 e. The van der Waals surface area contributed by atoms with Crippen molar-refractivity contribution in [2.45, 2.75) is 169 Å². The molecule has 3 aliphatic rings. The topological polar surface area (TPSA) is 139 Å². The number of esters is 2. The summed E-state index contributed by atoms with van der Waals surface area (Å²) in [7, 11) is 1.66. The van der Waals surface area contributed by atoms with Gasteiger partial charge in [0.2, 0.25) is 0 Å². The van der Waals surface area contributed by atoms with Gasteiger partial charge in [-0.05, 0) is 139 Å². The van der Waals surface area contributed by atoms with Gasteiger partial charge in [-0.15, -0.1) is 0 Å². The molecule has 52 heavy (non-hydrogen) atoms. The molecule has 0 saturated heterocycles. The van der Waals surface area contributed by atoms with Crippen molar-refractivity contribution in [2.75, 3.05) is 20.3 Å². The predicted molar refractivity (Wildman–Crippen MR) is 198 cm³/mol. The van der Waals surface area contributed by atoms with Gasteiger partial charge in [0.1, 0.15) is 11.2 Å². The van der Waals surface area contributed by atoms with E-state index in [0.29, 0.717) is 50.0 Å². The minimum absolute atomic E-state index is 0.0103. The second-order valence-electron chi connectivity index (χ2n) is 18.6. The third kappa shape index (κ3) is 15.6. The highest BCUT2D eigenvalue weighted by Gasteiger charge is 2.37. The van der Waals surface area contributed by atoms with E-state index in [-0.39, 0.29) is 36.2 Å². The van der Waals surface area contributed by atoms with E-state index in [1.54, 1.807) is 13.2 Å². The highest BCUT2D eigenvalue weighted by molar-refractivity contribution is 5.90. The molecule has 0 radical (unpaired) electrons. The van der Waals surface area contributed by atoms with Crippen LogP contribution in [0, 0.1) is 23.7 Å². The van der Waals surface area contributed by atoms with Gasteiger partial charge >= 0.3 is 11.9 Å². The Bertz CT molecular complexity index is 1290. The molecule has 0 aromatic carbocycles. The Morgan fingerprint density at radius 2 is 1.37 bits per heavy atom. The molecule has 0 aromatic heterocycles. The molecule has 2 N–H and O–H groups in total. The first-order valence-corrected chi connectivity index (χ1v) is 18.9. The number of aliphatic hydroxyl groups is 2. The highest BCUT2D eigenvalue weighted by atomic mass is 16.6. The number of methoxy groups -OCH3 is 1. The molecule has 0 bridgehead atoms. The van der Waals surface area contributed by atoms with Crippen molar-refractivity contribution in [1.29, 1.82) is 0 Å². The molecule has 0 fully saturated rings. The number of ether oxygens (including phenoxy) is 7. The molecule has 298 valence electrons. The van der Waals surface area contributed by atoms with Gasteiger partial charge in [-0.3, -0.25) is 4.79 Å². The maximum Gasteiger partial charge on any atom is 0.334 e. The van der Waals surface area contributed by atoms with Gasteiger partial charge in [0.25, 0.3) is 0 Å². The summed E-state index contributed by atoms with van der Waals surface area (Å²) < 4.78 is 41.8. The Hall–Kier alpha value is -2.28. The first kappa shape index (κ1) is 44.1. The van der Waals surface area contributed by atoms with Crippen LogP contribution in [-0.2, 0) is 42.7 Å². The van der Waals surface area contributed by atoms with Crippen LogP contribution in [-0.4, -0.2) is 89.7 Å². The molecule has 0 aromatic rings. The van der Waals surface area contributed by atoms with Crippen molar-refractivity contribution >= 4 is 11.9 Å². The zero-order valence-corrected chi connectivity index (χ0v) is 34.1. The quantitative estimate of drug-likeness (QED) is 0.116. The van der Waals surface area contributed by atoms with Crippen molar-refractivity contribution in [2.24, 2.45) is 23.7 Å². The molecule has 11 nitrogen and oxygen atoms in total. The third-order valence-corrected chi connectivity index (χ3v) is 8.72. The highest BCUT2D eigenvalue weighted by Crippen LogP contribution is 2.36. The van der Waals surface area contributed by atoms with E-state index in [1.807, 2.05) is 89.2 Å². The lowest BCUT2D eigenvalue weighted by atomic mass is 9.85. The molecule has 0 saturated carbocycles. The fraction of sp³-hybridized carbons (Fsp3) is 0.805. The van der Waals surface area contributed by atoms with Crippen molar-refractivity contribution in [3.8, 4) is 0 Å². The standard InChI is InChI=1S/C41H68O11/c1-38(2,3)49-34(42)27-17-28(35(43)50-39(4,5)6)20-32(19-27)47-23-25-14-26(16-31(15-25)46-13)24-48-33-21-29(36(44)51-40(7,8)9)18-30(22-33)37(45)52-41(10,11)12/h15,18-19,25-26,28-29,32-33,36-37,44-45H,14,16-17,20-24H2,1-13H3/t25-,26+,28?,29+,32+,33+,36-,37?/m0/s1. The zero-order chi connectivity index (χ0) is 39.2. The van der Waals surface area contributed by atoms with Crippen LogP contribution < -0.4 is 0 Å². The summed E-state index contributed by atoms with van der Waals surface area (Å²) in [6, 6.07) is 0. The summed E-state index contributed by atoms with van der Waals surface area (Å²) in [5, 5.41) is 22.0. The average Bonchev–Trinajstić information content (AvgIpc) is 2.99. The second kappa shape index (κ2) is 17.9. The van der Waals surface area contributed by atoms with Crippen molar-refractivity contribution < 1.29 is 53.0 Å². The molecule has 3 rings (SSSR count). The molecule has 0 heterocycles. The zero-order valence-electron chi connectivity index (χ0n) is 34.1. The summed E-state index contributed by atoms with van der Waals surface area (Å²) in [5.74, 6) is -0.746. The van der Waals surface area contributed by atoms with Crippen LogP contribution in [0.4, 0.5) is 0 Å². The Kier molecular flexibility index (Phi) is 15.2. The van der Waals surface area contributed by atoms with Gasteiger partial charge in [-0.25, -0.2) is 4.79 Å². The van der Waals surface area contributed by atoms with Crippen LogP contribution in [0.5, 0.6) is 0 Å². The Morgan fingerprint density at radius 1 is 0.731 bits per heavy atom. The van der Waals surface area contributed by atoms with Gasteiger partial charge in [0.05, 0.1) is 55.4 Å².